The molecule has 1 aromatic carbocycles. The van der Waals surface area contributed by atoms with Gasteiger partial charge in [0.25, 0.3) is 0 Å². The van der Waals surface area contributed by atoms with Gasteiger partial charge in [0, 0.05) is 5.39 Å². The molecule has 0 spiro atoms. The van der Waals surface area contributed by atoms with Crippen LogP contribution in [0.5, 0.6) is 0 Å². The van der Waals surface area contributed by atoms with Gasteiger partial charge in [0.05, 0.1) is 17.3 Å². The second kappa shape index (κ2) is 3.32. The number of rotatable bonds is 1. The predicted octanol–water partition coefficient (Wildman–Crippen LogP) is 3.60. The van der Waals surface area contributed by atoms with Crippen LogP contribution in [0, 0.1) is 0 Å². The van der Waals surface area contributed by atoms with E-state index in [4.69, 9.17) is 16.0 Å². The zero-order chi connectivity index (χ0) is 10.3. The van der Waals surface area contributed by atoms with Crippen molar-refractivity contribution >= 4 is 34.3 Å². The minimum absolute atomic E-state index is 0.423. The van der Waals surface area contributed by atoms with Gasteiger partial charge in [0.15, 0.2) is 5.15 Å². The molecular weight excluding hydrogens is 232 g/mol. The summed E-state index contributed by atoms with van der Waals surface area (Å²) in [6.07, 6.45) is 1.66. The Labute approximate surface area is 94.6 Å². The zero-order valence-electron chi connectivity index (χ0n) is 7.48. The molecule has 3 nitrogen and oxygen atoms in total. The number of furan rings is 1. The van der Waals surface area contributed by atoms with E-state index in [9.17, 15) is 0 Å². The summed E-state index contributed by atoms with van der Waals surface area (Å²) in [4.78, 5) is 0. The van der Waals surface area contributed by atoms with Gasteiger partial charge >= 0.3 is 0 Å². The van der Waals surface area contributed by atoms with Gasteiger partial charge in [-0.05, 0) is 6.07 Å². The quantitative estimate of drug-likeness (QED) is 0.648. The molecule has 5 heteroatoms. The van der Waals surface area contributed by atoms with E-state index in [2.05, 4.69) is 8.75 Å². The first-order chi connectivity index (χ1) is 7.36. The highest BCUT2D eigenvalue weighted by molar-refractivity contribution is 6.99. The SMILES string of the molecule is Clc1nsnc1-c1coc2ccccc12. The van der Waals surface area contributed by atoms with E-state index < -0.39 is 0 Å². The molecule has 2 heterocycles. The predicted molar refractivity (Wildman–Crippen MR) is 60.1 cm³/mol. The first-order valence-electron chi connectivity index (χ1n) is 4.31. The van der Waals surface area contributed by atoms with Crippen molar-refractivity contribution < 1.29 is 4.42 Å². The molecule has 15 heavy (non-hydrogen) atoms. The summed E-state index contributed by atoms with van der Waals surface area (Å²) in [6.45, 7) is 0. The summed E-state index contributed by atoms with van der Waals surface area (Å²) in [6, 6.07) is 7.77. The molecular formula is C10H5ClN2OS. The van der Waals surface area contributed by atoms with E-state index in [0.29, 0.717) is 10.8 Å². The third-order valence-corrected chi connectivity index (χ3v) is 3.08. The Morgan fingerprint density at radius 3 is 2.87 bits per heavy atom. The van der Waals surface area contributed by atoms with Crippen LogP contribution in [0.3, 0.4) is 0 Å². The Hall–Kier alpha value is -1.39. The molecule has 0 saturated carbocycles. The average molecular weight is 237 g/mol. The van der Waals surface area contributed by atoms with Crippen molar-refractivity contribution in [3.05, 3.63) is 35.7 Å². The van der Waals surface area contributed by atoms with Crippen molar-refractivity contribution in [2.75, 3.05) is 0 Å². The number of aromatic nitrogens is 2. The first kappa shape index (κ1) is 8.88. The monoisotopic (exact) mass is 236 g/mol. The molecule has 0 unspecified atom stereocenters. The van der Waals surface area contributed by atoms with Crippen molar-refractivity contribution in [1.82, 2.24) is 8.75 Å². The number of fused-ring (bicyclic) bond motifs is 1. The fraction of sp³-hybridized carbons (Fsp3) is 0. The van der Waals surface area contributed by atoms with Gasteiger partial charge in [-0.1, -0.05) is 29.8 Å². The van der Waals surface area contributed by atoms with Crippen LogP contribution < -0.4 is 0 Å². The van der Waals surface area contributed by atoms with Crippen LogP contribution in [-0.2, 0) is 0 Å². The molecule has 0 N–H and O–H groups in total. The lowest BCUT2D eigenvalue weighted by atomic mass is 10.1. The maximum absolute atomic E-state index is 5.93. The van der Waals surface area contributed by atoms with E-state index in [1.807, 2.05) is 24.3 Å². The number of para-hydroxylation sites is 1. The van der Waals surface area contributed by atoms with E-state index in [0.717, 1.165) is 28.3 Å². The van der Waals surface area contributed by atoms with Gasteiger partial charge < -0.3 is 4.42 Å². The number of halogens is 1. The Morgan fingerprint density at radius 1 is 1.20 bits per heavy atom. The second-order valence-electron chi connectivity index (χ2n) is 3.05. The Balaban J connectivity index is 2.32. The third-order valence-electron chi connectivity index (χ3n) is 2.18. The van der Waals surface area contributed by atoms with Crippen molar-refractivity contribution in [3.63, 3.8) is 0 Å². The fourth-order valence-electron chi connectivity index (χ4n) is 1.50. The van der Waals surface area contributed by atoms with Crippen LogP contribution in [0.2, 0.25) is 5.15 Å². The number of hydrogen-bond acceptors (Lipinski definition) is 4. The number of hydrogen-bond donors (Lipinski definition) is 0. The van der Waals surface area contributed by atoms with Gasteiger partial charge in [0.1, 0.15) is 17.5 Å². The number of nitrogens with zero attached hydrogens (tertiary/aromatic N) is 2. The molecule has 0 bridgehead atoms. The summed E-state index contributed by atoms with van der Waals surface area (Å²) in [5.74, 6) is 0. The average Bonchev–Trinajstić information content (AvgIpc) is 2.83. The molecule has 2 aromatic heterocycles. The molecule has 3 rings (SSSR count). The molecule has 0 fully saturated rings. The van der Waals surface area contributed by atoms with Crippen molar-refractivity contribution in [1.29, 1.82) is 0 Å². The number of benzene rings is 1. The van der Waals surface area contributed by atoms with Gasteiger partial charge in [-0.2, -0.15) is 8.75 Å². The Bertz CT molecular complexity index is 616. The van der Waals surface area contributed by atoms with E-state index in [1.165, 1.54) is 0 Å². The summed E-state index contributed by atoms with van der Waals surface area (Å²) in [7, 11) is 0. The summed E-state index contributed by atoms with van der Waals surface area (Å²) >= 11 is 7.03. The minimum Gasteiger partial charge on any atom is -0.464 e. The first-order valence-corrected chi connectivity index (χ1v) is 5.42. The highest BCUT2D eigenvalue weighted by atomic mass is 35.5. The standard InChI is InChI=1S/C10H5ClN2OS/c11-10-9(12-15-13-10)7-5-14-8-4-2-1-3-6(7)8/h1-5H. The molecule has 3 aromatic rings. The van der Waals surface area contributed by atoms with Crippen LogP contribution in [-0.4, -0.2) is 8.75 Å². The van der Waals surface area contributed by atoms with Crippen molar-refractivity contribution in [2.24, 2.45) is 0 Å². The van der Waals surface area contributed by atoms with Gasteiger partial charge in [-0.3, -0.25) is 0 Å². The lowest BCUT2D eigenvalue weighted by molar-refractivity contribution is 0.617. The molecule has 74 valence electrons. The van der Waals surface area contributed by atoms with E-state index in [1.54, 1.807) is 6.26 Å². The highest BCUT2D eigenvalue weighted by Gasteiger charge is 2.13. The smallest absolute Gasteiger partial charge is 0.171 e. The van der Waals surface area contributed by atoms with Crippen LogP contribution in [0.15, 0.2) is 34.9 Å². The van der Waals surface area contributed by atoms with Crippen LogP contribution in [0.1, 0.15) is 0 Å². The molecule has 0 atom stereocenters. The third kappa shape index (κ3) is 1.33. The maximum atomic E-state index is 5.93. The minimum atomic E-state index is 0.423. The largest absolute Gasteiger partial charge is 0.464 e. The maximum Gasteiger partial charge on any atom is 0.171 e. The lowest BCUT2D eigenvalue weighted by Crippen LogP contribution is -1.75. The molecule has 0 aliphatic heterocycles. The molecule has 0 aliphatic rings. The second-order valence-corrected chi connectivity index (χ2v) is 3.94. The summed E-state index contributed by atoms with van der Waals surface area (Å²) < 4.78 is 13.5. The van der Waals surface area contributed by atoms with Crippen LogP contribution >= 0.6 is 23.3 Å². The summed E-state index contributed by atoms with van der Waals surface area (Å²) in [5.41, 5.74) is 2.41. The fourth-order valence-corrected chi connectivity index (χ4v) is 2.25. The normalized spacial score (nSPS) is 11.0. The molecule has 0 saturated heterocycles. The van der Waals surface area contributed by atoms with E-state index in [-0.39, 0.29) is 0 Å². The summed E-state index contributed by atoms with van der Waals surface area (Å²) in [5, 5.41) is 1.43. The molecule has 0 aliphatic carbocycles. The Kier molecular flexibility index (Phi) is 1.97. The van der Waals surface area contributed by atoms with Crippen LogP contribution in [0.4, 0.5) is 0 Å². The van der Waals surface area contributed by atoms with Gasteiger partial charge in [-0.15, -0.1) is 0 Å². The van der Waals surface area contributed by atoms with Gasteiger partial charge in [-0.25, -0.2) is 0 Å². The molecule has 0 amide bonds. The topological polar surface area (TPSA) is 38.9 Å². The lowest BCUT2D eigenvalue weighted by Gasteiger charge is -1.91. The van der Waals surface area contributed by atoms with Crippen molar-refractivity contribution in [2.45, 2.75) is 0 Å². The molecule has 0 radical (unpaired) electrons. The van der Waals surface area contributed by atoms with Gasteiger partial charge in [0.2, 0.25) is 0 Å². The van der Waals surface area contributed by atoms with Crippen LogP contribution in [0.25, 0.3) is 22.2 Å². The van der Waals surface area contributed by atoms with E-state index >= 15 is 0 Å². The zero-order valence-corrected chi connectivity index (χ0v) is 9.05. The Morgan fingerprint density at radius 2 is 2.07 bits per heavy atom. The highest BCUT2D eigenvalue weighted by Crippen LogP contribution is 2.33. The van der Waals surface area contributed by atoms with Crippen molar-refractivity contribution in [3.8, 4) is 11.3 Å².